The van der Waals surface area contributed by atoms with Gasteiger partial charge in [-0.2, -0.15) is 0 Å². The van der Waals surface area contributed by atoms with E-state index in [1.54, 1.807) is 11.4 Å². The first-order chi connectivity index (χ1) is 12.0. The minimum Gasteiger partial charge on any atom is -0.480 e. The van der Waals surface area contributed by atoms with Crippen molar-refractivity contribution in [1.29, 1.82) is 0 Å². The third-order valence-corrected chi connectivity index (χ3v) is 5.19. The van der Waals surface area contributed by atoms with Crippen molar-refractivity contribution in [2.45, 2.75) is 11.7 Å². The number of benzene rings is 1. The molecule has 0 spiro atoms. The minimum absolute atomic E-state index is 0.0483. The Labute approximate surface area is 148 Å². The summed E-state index contributed by atoms with van der Waals surface area (Å²) < 4.78 is 14.3. The highest BCUT2D eigenvalue weighted by Gasteiger charge is 2.16. The predicted molar refractivity (Wildman–Crippen MR) is 93.0 cm³/mol. The highest BCUT2D eigenvalue weighted by molar-refractivity contribution is 7.99. The van der Waals surface area contributed by atoms with Gasteiger partial charge in [0.25, 0.3) is 5.56 Å². The third kappa shape index (κ3) is 3.77. The van der Waals surface area contributed by atoms with Crippen molar-refractivity contribution >= 4 is 45.1 Å². The molecule has 25 heavy (non-hydrogen) atoms. The molecule has 0 aliphatic carbocycles. The van der Waals surface area contributed by atoms with Crippen LogP contribution in [0.15, 0.2) is 45.7 Å². The number of aliphatic carboxylic acids is 1. The Morgan fingerprint density at radius 3 is 2.64 bits per heavy atom. The summed E-state index contributed by atoms with van der Waals surface area (Å²) in [6.07, 6.45) is 0. The van der Waals surface area contributed by atoms with Crippen LogP contribution in [0.2, 0.25) is 0 Å². The molecule has 2 aromatic heterocycles. The Morgan fingerprint density at radius 1 is 1.24 bits per heavy atom. The number of carboxylic acids is 1. The SMILES string of the molecule is O=C(O)Cn1c(SCC(=O)c2ccc(F)cc2)nc2ccsc2c1=O. The molecule has 0 aliphatic rings. The van der Waals surface area contributed by atoms with E-state index in [4.69, 9.17) is 5.11 Å². The number of Topliss-reactive ketones (excluding diaryl/α,β-unsaturated/α-hetero) is 1. The molecule has 6 nitrogen and oxygen atoms in total. The van der Waals surface area contributed by atoms with Crippen molar-refractivity contribution < 1.29 is 19.1 Å². The number of aromatic nitrogens is 2. The van der Waals surface area contributed by atoms with Gasteiger partial charge in [0.15, 0.2) is 10.9 Å². The zero-order chi connectivity index (χ0) is 18.0. The number of hydrogen-bond acceptors (Lipinski definition) is 6. The van der Waals surface area contributed by atoms with E-state index in [9.17, 15) is 18.8 Å². The molecule has 0 atom stereocenters. The molecule has 0 radical (unpaired) electrons. The Hall–Kier alpha value is -2.52. The van der Waals surface area contributed by atoms with Crippen molar-refractivity contribution in [2.75, 3.05) is 5.75 Å². The molecule has 0 bridgehead atoms. The van der Waals surface area contributed by atoms with Gasteiger partial charge in [0.2, 0.25) is 0 Å². The maximum Gasteiger partial charge on any atom is 0.323 e. The summed E-state index contributed by atoms with van der Waals surface area (Å²) in [7, 11) is 0. The molecule has 2 heterocycles. The molecule has 1 N–H and O–H groups in total. The van der Waals surface area contributed by atoms with Crippen molar-refractivity contribution in [2.24, 2.45) is 0 Å². The van der Waals surface area contributed by atoms with Gasteiger partial charge < -0.3 is 5.11 Å². The number of halogens is 1. The van der Waals surface area contributed by atoms with Crippen LogP contribution < -0.4 is 5.56 Å². The average Bonchev–Trinajstić information content (AvgIpc) is 3.04. The highest BCUT2D eigenvalue weighted by Crippen LogP contribution is 2.21. The molecule has 9 heteroatoms. The molecule has 0 aliphatic heterocycles. The second-order valence-corrected chi connectivity index (χ2v) is 6.89. The number of hydrogen-bond donors (Lipinski definition) is 1. The first kappa shape index (κ1) is 17.3. The van der Waals surface area contributed by atoms with Crippen LogP contribution >= 0.6 is 23.1 Å². The maximum absolute atomic E-state index is 12.9. The largest absolute Gasteiger partial charge is 0.480 e. The Kier molecular flexibility index (Phi) is 4.95. The van der Waals surface area contributed by atoms with Crippen LogP contribution in [0.25, 0.3) is 10.2 Å². The Bertz CT molecular complexity index is 1010. The zero-order valence-electron chi connectivity index (χ0n) is 12.6. The fourth-order valence-corrected chi connectivity index (χ4v) is 3.83. The summed E-state index contributed by atoms with van der Waals surface area (Å²) in [5, 5.41) is 10.9. The molecule has 0 unspecified atom stereocenters. The quantitative estimate of drug-likeness (QED) is 0.403. The molecule has 128 valence electrons. The lowest BCUT2D eigenvalue weighted by Gasteiger charge is -2.09. The van der Waals surface area contributed by atoms with E-state index in [2.05, 4.69) is 4.98 Å². The fourth-order valence-electron chi connectivity index (χ4n) is 2.16. The van der Waals surface area contributed by atoms with E-state index < -0.39 is 23.9 Å². The molecule has 3 aromatic rings. The number of carbonyl (C=O) groups is 2. The summed E-state index contributed by atoms with van der Waals surface area (Å²) in [6, 6.07) is 6.79. The van der Waals surface area contributed by atoms with E-state index in [0.717, 1.165) is 16.3 Å². The molecular formula is C16H11FN2O4S2. The van der Waals surface area contributed by atoms with Crippen molar-refractivity contribution in [3.8, 4) is 0 Å². The smallest absolute Gasteiger partial charge is 0.323 e. The third-order valence-electron chi connectivity index (χ3n) is 3.32. The van der Waals surface area contributed by atoms with Gasteiger partial charge in [0, 0.05) is 5.56 Å². The first-order valence-corrected chi connectivity index (χ1v) is 8.93. The fraction of sp³-hybridized carbons (Fsp3) is 0.125. The van der Waals surface area contributed by atoms with Crippen LogP contribution in [-0.4, -0.2) is 32.2 Å². The number of thiophene rings is 1. The average molecular weight is 378 g/mol. The highest BCUT2D eigenvalue weighted by atomic mass is 32.2. The Morgan fingerprint density at radius 2 is 1.96 bits per heavy atom. The topological polar surface area (TPSA) is 89.3 Å². The van der Waals surface area contributed by atoms with Crippen molar-refractivity contribution in [3.63, 3.8) is 0 Å². The van der Waals surface area contributed by atoms with Gasteiger partial charge >= 0.3 is 5.97 Å². The van der Waals surface area contributed by atoms with E-state index in [1.807, 2.05) is 0 Å². The van der Waals surface area contributed by atoms with Crippen LogP contribution in [0.1, 0.15) is 10.4 Å². The summed E-state index contributed by atoms with van der Waals surface area (Å²) >= 11 is 2.16. The molecule has 0 saturated carbocycles. The minimum atomic E-state index is -1.17. The molecular weight excluding hydrogens is 367 g/mol. The first-order valence-electron chi connectivity index (χ1n) is 7.07. The van der Waals surface area contributed by atoms with E-state index >= 15 is 0 Å². The van der Waals surface area contributed by atoms with Gasteiger partial charge in [0.1, 0.15) is 17.1 Å². The van der Waals surface area contributed by atoms with Gasteiger partial charge in [-0.3, -0.25) is 19.0 Å². The van der Waals surface area contributed by atoms with Crippen LogP contribution in [0.4, 0.5) is 4.39 Å². The van der Waals surface area contributed by atoms with Gasteiger partial charge in [-0.25, -0.2) is 9.37 Å². The molecule has 1 aromatic carbocycles. The molecule has 3 rings (SSSR count). The van der Waals surface area contributed by atoms with Crippen molar-refractivity contribution in [1.82, 2.24) is 9.55 Å². The number of carbonyl (C=O) groups excluding carboxylic acids is 1. The zero-order valence-corrected chi connectivity index (χ0v) is 14.3. The summed E-state index contributed by atoms with van der Waals surface area (Å²) in [6.45, 7) is -0.535. The molecule has 0 fully saturated rings. The lowest BCUT2D eigenvalue weighted by atomic mass is 10.1. The second kappa shape index (κ2) is 7.16. The number of thioether (sulfide) groups is 1. The second-order valence-electron chi connectivity index (χ2n) is 5.03. The lowest BCUT2D eigenvalue weighted by molar-refractivity contribution is -0.137. The number of rotatable bonds is 6. The normalized spacial score (nSPS) is 10.9. The van der Waals surface area contributed by atoms with Crippen LogP contribution in [0, 0.1) is 5.82 Å². The van der Waals surface area contributed by atoms with Crippen molar-refractivity contribution in [3.05, 3.63) is 57.4 Å². The van der Waals surface area contributed by atoms with Gasteiger partial charge in [-0.05, 0) is 35.7 Å². The van der Waals surface area contributed by atoms with Crippen LogP contribution in [0.5, 0.6) is 0 Å². The predicted octanol–water partition coefficient (Wildman–Crippen LogP) is 2.66. The van der Waals surface area contributed by atoms with Gasteiger partial charge in [0.05, 0.1) is 11.3 Å². The number of carboxylic acid groups (broad SMARTS) is 1. The monoisotopic (exact) mass is 378 g/mol. The lowest BCUT2D eigenvalue weighted by Crippen LogP contribution is -2.26. The molecule has 0 saturated heterocycles. The van der Waals surface area contributed by atoms with Crippen LogP contribution in [0.3, 0.4) is 0 Å². The summed E-state index contributed by atoms with van der Waals surface area (Å²) in [5.41, 5.74) is 0.352. The van der Waals surface area contributed by atoms with E-state index in [1.165, 1.54) is 35.6 Å². The number of ketones is 1. The number of fused-ring (bicyclic) bond motifs is 1. The number of nitrogens with zero attached hydrogens (tertiary/aromatic N) is 2. The summed E-state index contributed by atoms with van der Waals surface area (Å²) in [4.78, 5) is 39.9. The van der Waals surface area contributed by atoms with E-state index in [0.29, 0.717) is 15.8 Å². The summed E-state index contributed by atoms with van der Waals surface area (Å²) in [5.74, 6) is -1.94. The standard InChI is InChI=1S/C16H11FN2O4S2/c17-10-3-1-9(2-4-10)12(20)8-25-16-18-11-5-6-24-14(11)15(23)19(16)7-13(21)22/h1-6H,7-8H2,(H,21,22). The van der Waals surface area contributed by atoms with E-state index in [-0.39, 0.29) is 16.7 Å². The molecule has 0 amide bonds. The Balaban J connectivity index is 1.89. The maximum atomic E-state index is 12.9. The van der Waals surface area contributed by atoms with Crippen LogP contribution in [-0.2, 0) is 11.3 Å². The van der Waals surface area contributed by atoms with Gasteiger partial charge in [-0.1, -0.05) is 11.8 Å². The van der Waals surface area contributed by atoms with Gasteiger partial charge in [-0.15, -0.1) is 11.3 Å².